The van der Waals surface area contributed by atoms with Crippen molar-refractivity contribution in [2.24, 2.45) is 0 Å². The van der Waals surface area contributed by atoms with E-state index in [4.69, 9.17) is 28.2 Å². The van der Waals surface area contributed by atoms with Crippen molar-refractivity contribution >= 4 is 63.3 Å². The number of non-ortho nitro benzene ring substituents is 1. The van der Waals surface area contributed by atoms with Gasteiger partial charge in [-0.1, -0.05) is 41.6 Å². The molecule has 0 aliphatic carbocycles. The number of hydrogen-bond donors (Lipinski definition) is 0. The molecule has 150 valence electrons. The number of carbonyl (C=O) groups excluding carboxylic acids is 1. The largest absolute Gasteiger partial charge is 0.457 e. The Balaban J connectivity index is 1.61. The smallest absolute Gasteiger partial charge is 0.270 e. The van der Waals surface area contributed by atoms with Crippen molar-refractivity contribution in [2.75, 3.05) is 4.90 Å². The summed E-state index contributed by atoms with van der Waals surface area (Å²) in [6.45, 7) is 0. The predicted octanol–water partition coefficient (Wildman–Crippen LogP) is 6.05. The molecule has 0 N–H and O–H groups in total. The van der Waals surface area contributed by atoms with E-state index in [-0.39, 0.29) is 20.9 Å². The quantitative estimate of drug-likeness (QED) is 0.204. The van der Waals surface area contributed by atoms with Crippen molar-refractivity contribution in [3.05, 3.63) is 86.2 Å². The fourth-order valence-electron chi connectivity index (χ4n) is 2.83. The van der Waals surface area contributed by atoms with Gasteiger partial charge >= 0.3 is 0 Å². The molecular formula is C20H10ClFN2O4S2. The van der Waals surface area contributed by atoms with E-state index in [2.05, 4.69) is 0 Å². The van der Waals surface area contributed by atoms with Crippen molar-refractivity contribution in [1.29, 1.82) is 0 Å². The summed E-state index contributed by atoms with van der Waals surface area (Å²) < 4.78 is 19.5. The molecule has 0 atom stereocenters. The molecule has 2 aromatic carbocycles. The number of thioether (sulfide) groups is 1. The zero-order valence-corrected chi connectivity index (χ0v) is 17.3. The number of amides is 1. The maximum absolute atomic E-state index is 13.5. The molecule has 0 bridgehead atoms. The average molecular weight is 461 g/mol. The predicted molar refractivity (Wildman–Crippen MR) is 118 cm³/mol. The summed E-state index contributed by atoms with van der Waals surface area (Å²) in [5.41, 5.74) is 0.699. The molecule has 2 heterocycles. The molecule has 0 unspecified atom stereocenters. The summed E-state index contributed by atoms with van der Waals surface area (Å²) in [7, 11) is 0. The maximum Gasteiger partial charge on any atom is 0.270 e. The van der Waals surface area contributed by atoms with Crippen molar-refractivity contribution in [3.8, 4) is 11.3 Å². The Labute approximate surface area is 184 Å². The van der Waals surface area contributed by atoms with Crippen molar-refractivity contribution in [3.63, 3.8) is 0 Å². The molecule has 0 spiro atoms. The lowest BCUT2D eigenvalue weighted by Gasteiger charge is -2.14. The third-order valence-electron chi connectivity index (χ3n) is 4.19. The molecule has 0 radical (unpaired) electrons. The van der Waals surface area contributed by atoms with Gasteiger partial charge in [0.25, 0.3) is 11.6 Å². The number of nitro benzene ring substituents is 1. The van der Waals surface area contributed by atoms with E-state index in [0.717, 1.165) is 11.8 Å². The van der Waals surface area contributed by atoms with E-state index in [1.54, 1.807) is 18.2 Å². The summed E-state index contributed by atoms with van der Waals surface area (Å²) in [6, 6.07) is 13.0. The van der Waals surface area contributed by atoms with Gasteiger partial charge in [0.05, 0.1) is 20.5 Å². The van der Waals surface area contributed by atoms with Crippen molar-refractivity contribution in [2.45, 2.75) is 0 Å². The highest BCUT2D eigenvalue weighted by Gasteiger charge is 2.33. The van der Waals surface area contributed by atoms with Crippen LogP contribution in [0.1, 0.15) is 5.76 Å². The number of nitrogens with zero attached hydrogens (tertiary/aromatic N) is 2. The molecule has 30 heavy (non-hydrogen) atoms. The first-order valence-corrected chi connectivity index (χ1v) is 10.0. The number of benzene rings is 2. The molecule has 3 aromatic rings. The first-order chi connectivity index (χ1) is 14.3. The van der Waals surface area contributed by atoms with Gasteiger partial charge in [0.1, 0.15) is 17.3 Å². The fraction of sp³-hybridized carbons (Fsp3) is 0. The minimum absolute atomic E-state index is 0.128. The number of furan rings is 1. The Morgan fingerprint density at radius 3 is 2.70 bits per heavy atom. The molecule has 4 rings (SSSR count). The maximum atomic E-state index is 13.5. The van der Waals surface area contributed by atoms with Gasteiger partial charge in [-0.25, -0.2) is 4.39 Å². The molecular weight excluding hydrogens is 451 g/mol. The van der Waals surface area contributed by atoms with Gasteiger partial charge in [-0.05, 0) is 36.4 Å². The van der Waals surface area contributed by atoms with Gasteiger partial charge in [0.15, 0.2) is 4.32 Å². The highest BCUT2D eigenvalue weighted by atomic mass is 35.5. The number of halogens is 2. The molecule has 1 fully saturated rings. The first kappa shape index (κ1) is 20.3. The third kappa shape index (κ3) is 3.87. The number of anilines is 1. The number of nitro groups is 1. The fourth-order valence-corrected chi connectivity index (χ4v) is 4.37. The van der Waals surface area contributed by atoms with Gasteiger partial charge in [-0.2, -0.15) is 0 Å². The lowest BCUT2D eigenvalue weighted by Crippen LogP contribution is -2.27. The second kappa shape index (κ2) is 8.02. The van der Waals surface area contributed by atoms with Crippen molar-refractivity contribution < 1.29 is 18.5 Å². The highest BCUT2D eigenvalue weighted by Crippen LogP contribution is 2.37. The summed E-state index contributed by atoms with van der Waals surface area (Å²) in [5.74, 6) is -0.0935. The third-order valence-corrected chi connectivity index (χ3v) is 5.80. The van der Waals surface area contributed by atoms with Gasteiger partial charge in [0, 0.05) is 23.8 Å². The van der Waals surface area contributed by atoms with Crippen molar-refractivity contribution in [1.82, 2.24) is 0 Å². The summed E-state index contributed by atoms with van der Waals surface area (Å²) >= 11 is 12.5. The summed E-state index contributed by atoms with van der Waals surface area (Å²) in [5, 5.41) is 11.0. The van der Waals surface area contributed by atoms with E-state index in [0.29, 0.717) is 27.7 Å². The van der Waals surface area contributed by atoms with Crippen LogP contribution in [0.3, 0.4) is 0 Å². The highest BCUT2D eigenvalue weighted by molar-refractivity contribution is 8.27. The topological polar surface area (TPSA) is 76.6 Å². The molecule has 1 aliphatic heterocycles. The number of thiocarbonyl (C=S) groups is 1. The van der Waals surface area contributed by atoms with Crippen LogP contribution in [-0.4, -0.2) is 15.2 Å². The van der Waals surface area contributed by atoms with Crippen LogP contribution in [0, 0.1) is 15.9 Å². The van der Waals surface area contributed by atoms with Gasteiger partial charge in [-0.3, -0.25) is 19.8 Å². The van der Waals surface area contributed by atoms with E-state index >= 15 is 0 Å². The second-order valence-electron chi connectivity index (χ2n) is 6.12. The normalized spacial score (nSPS) is 15.3. The molecule has 0 saturated carbocycles. The van der Waals surface area contributed by atoms with E-state index in [1.807, 2.05) is 0 Å². The van der Waals surface area contributed by atoms with E-state index in [9.17, 15) is 19.3 Å². The van der Waals surface area contributed by atoms with Crippen LogP contribution in [-0.2, 0) is 4.79 Å². The van der Waals surface area contributed by atoms with Crippen LogP contribution in [0.5, 0.6) is 0 Å². The number of rotatable bonds is 4. The van der Waals surface area contributed by atoms with Gasteiger partial charge < -0.3 is 4.42 Å². The number of carbonyl (C=O) groups is 1. The number of hydrogen-bond acceptors (Lipinski definition) is 6. The zero-order valence-electron chi connectivity index (χ0n) is 14.9. The Hall–Kier alpha value is -3.01. The molecule has 1 aliphatic rings. The second-order valence-corrected chi connectivity index (χ2v) is 8.20. The lowest BCUT2D eigenvalue weighted by molar-refractivity contribution is -0.384. The monoisotopic (exact) mass is 460 g/mol. The Morgan fingerprint density at radius 1 is 1.20 bits per heavy atom. The van der Waals surface area contributed by atoms with Gasteiger partial charge in [0.2, 0.25) is 0 Å². The van der Waals surface area contributed by atoms with Crippen LogP contribution >= 0.6 is 35.6 Å². The standard InChI is InChI=1S/C20H10ClFN2O4S2/c21-16-9-13(24(26)27)4-6-15(16)17-7-5-14(28-17)10-18-19(25)23(20(29)30-18)12-3-1-2-11(22)8-12/h1-10H/b18-10+. The average Bonchev–Trinajstić information content (AvgIpc) is 3.26. The molecule has 1 aromatic heterocycles. The van der Waals surface area contributed by atoms with Crippen LogP contribution in [0.4, 0.5) is 15.8 Å². The minimum Gasteiger partial charge on any atom is -0.457 e. The molecule has 1 saturated heterocycles. The van der Waals surface area contributed by atoms with Crippen LogP contribution in [0.25, 0.3) is 17.4 Å². The Morgan fingerprint density at radius 2 is 2.00 bits per heavy atom. The first-order valence-electron chi connectivity index (χ1n) is 8.41. The Kier molecular flexibility index (Phi) is 5.42. The molecule has 6 nitrogen and oxygen atoms in total. The van der Waals surface area contributed by atoms with Crippen LogP contribution < -0.4 is 4.90 Å². The van der Waals surface area contributed by atoms with Crippen LogP contribution in [0.15, 0.2) is 63.9 Å². The van der Waals surface area contributed by atoms with E-state index in [1.165, 1.54) is 47.4 Å². The SMILES string of the molecule is O=C1/C(=C\c2ccc(-c3ccc([N+](=O)[O-])cc3Cl)o2)SC(=S)N1c1cccc(F)c1. The zero-order chi connectivity index (χ0) is 21.4. The lowest BCUT2D eigenvalue weighted by atomic mass is 10.1. The van der Waals surface area contributed by atoms with Crippen LogP contribution in [0.2, 0.25) is 5.02 Å². The molecule has 10 heteroatoms. The summed E-state index contributed by atoms with van der Waals surface area (Å²) in [6.07, 6.45) is 1.53. The Bertz CT molecular complexity index is 1240. The van der Waals surface area contributed by atoms with Gasteiger partial charge in [-0.15, -0.1) is 0 Å². The minimum atomic E-state index is -0.538. The molecule has 1 amide bonds. The van der Waals surface area contributed by atoms with E-state index < -0.39 is 10.7 Å². The summed E-state index contributed by atoms with van der Waals surface area (Å²) in [4.78, 5) is 24.7.